The Morgan fingerprint density at radius 3 is 2.39 bits per heavy atom. The molecule has 1 amide bonds. The summed E-state index contributed by atoms with van der Waals surface area (Å²) in [5.41, 5.74) is 1.12. The highest BCUT2D eigenvalue weighted by Crippen LogP contribution is 2.26. The molecule has 0 spiro atoms. The monoisotopic (exact) mass is 404 g/mol. The number of aryl methyl sites for hydroxylation is 1. The second kappa shape index (κ2) is 8.31. The van der Waals surface area contributed by atoms with E-state index in [0.29, 0.717) is 17.2 Å². The van der Waals surface area contributed by atoms with Crippen molar-refractivity contribution in [3.8, 4) is 0 Å². The molecule has 150 valence electrons. The van der Waals surface area contributed by atoms with Gasteiger partial charge in [0.2, 0.25) is 0 Å². The van der Waals surface area contributed by atoms with Gasteiger partial charge in [0.1, 0.15) is 5.82 Å². The predicted molar refractivity (Wildman–Crippen MR) is 107 cm³/mol. The molecule has 1 saturated carbocycles. The van der Waals surface area contributed by atoms with Crippen molar-refractivity contribution < 1.29 is 17.6 Å². The van der Waals surface area contributed by atoms with Crippen molar-refractivity contribution in [2.24, 2.45) is 5.92 Å². The van der Waals surface area contributed by atoms with E-state index in [2.05, 4.69) is 4.72 Å². The van der Waals surface area contributed by atoms with Crippen LogP contribution in [0.5, 0.6) is 0 Å². The van der Waals surface area contributed by atoms with Gasteiger partial charge in [0.15, 0.2) is 0 Å². The van der Waals surface area contributed by atoms with Crippen LogP contribution in [-0.2, 0) is 10.0 Å². The maximum absolute atomic E-state index is 13.4. The molecule has 7 heteroatoms. The highest BCUT2D eigenvalue weighted by atomic mass is 32.2. The molecule has 3 rings (SSSR count). The summed E-state index contributed by atoms with van der Waals surface area (Å²) in [4.78, 5) is 14.3. The molecule has 0 heterocycles. The lowest BCUT2D eigenvalue weighted by molar-refractivity contribution is 0.0773. The zero-order chi connectivity index (χ0) is 20.3. The molecule has 1 N–H and O–H groups in total. The van der Waals surface area contributed by atoms with E-state index in [-0.39, 0.29) is 16.4 Å². The largest absolute Gasteiger partial charge is 0.341 e. The Morgan fingerprint density at radius 1 is 1.14 bits per heavy atom. The van der Waals surface area contributed by atoms with E-state index < -0.39 is 15.8 Å². The average molecular weight is 405 g/mol. The number of hydrogen-bond acceptors (Lipinski definition) is 3. The van der Waals surface area contributed by atoms with Gasteiger partial charge in [-0.3, -0.25) is 9.52 Å². The Morgan fingerprint density at radius 2 is 1.79 bits per heavy atom. The van der Waals surface area contributed by atoms with Crippen molar-refractivity contribution in [2.75, 3.05) is 18.3 Å². The smallest absolute Gasteiger partial charge is 0.261 e. The summed E-state index contributed by atoms with van der Waals surface area (Å²) in [5, 5.41) is 0. The molecule has 2 aromatic rings. The summed E-state index contributed by atoms with van der Waals surface area (Å²) in [6.07, 6.45) is 4.80. The number of rotatable bonds is 6. The third kappa shape index (κ3) is 4.70. The molecule has 0 radical (unpaired) electrons. The van der Waals surface area contributed by atoms with E-state index in [4.69, 9.17) is 0 Å². The number of carbonyl (C=O) groups excluding carboxylic acids is 1. The normalized spacial score (nSPS) is 14.8. The molecular formula is C21H25FN2O3S. The van der Waals surface area contributed by atoms with Crippen LogP contribution in [0.4, 0.5) is 10.1 Å². The Labute approximate surface area is 165 Å². The first-order valence-corrected chi connectivity index (χ1v) is 10.9. The third-order valence-corrected chi connectivity index (χ3v) is 6.56. The highest BCUT2D eigenvalue weighted by molar-refractivity contribution is 7.92. The van der Waals surface area contributed by atoms with Crippen LogP contribution in [0.2, 0.25) is 0 Å². The van der Waals surface area contributed by atoms with Crippen LogP contribution < -0.4 is 4.72 Å². The fourth-order valence-corrected chi connectivity index (χ4v) is 4.71. The number of nitrogens with zero attached hydrogens (tertiary/aromatic N) is 1. The lowest BCUT2D eigenvalue weighted by Crippen LogP contribution is -2.31. The summed E-state index contributed by atoms with van der Waals surface area (Å²) in [6.45, 7) is 2.26. The van der Waals surface area contributed by atoms with Crippen LogP contribution in [0.15, 0.2) is 47.4 Å². The maximum atomic E-state index is 13.4. The summed E-state index contributed by atoms with van der Waals surface area (Å²) in [6, 6.07) is 9.98. The zero-order valence-electron chi connectivity index (χ0n) is 16.1. The minimum absolute atomic E-state index is 0.0113. The highest BCUT2D eigenvalue weighted by Gasteiger charge is 2.21. The van der Waals surface area contributed by atoms with E-state index in [1.165, 1.54) is 44.7 Å². The van der Waals surface area contributed by atoms with Crippen LogP contribution in [0.1, 0.15) is 41.6 Å². The number of amides is 1. The topological polar surface area (TPSA) is 66.5 Å². The van der Waals surface area contributed by atoms with E-state index in [9.17, 15) is 17.6 Å². The van der Waals surface area contributed by atoms with Crippen molar-refractivity contribution in [3.05, 3.63) is 59.4 Å². The summed E-state index contributed by atoms with van der Waals surface area (Å²) in [5.74, 6) is 0.0400. The first kappa shape index (κ1) is 20.3. The minimum atomic E-state index is -3.83. The molecule has 1 aliphatic carbocycles. The average Bonchev–Trinajstić information content (AvgIpc) is 3.16. The van der Waals surface area contributed by atoms with Gasteiger partial charge in [-0.2, -0.15) is 0 Å². The van der Waals surface area contributed by atoms with E-state index >= 15 is 0 Å². The third-order valence-electron chi connectivity index (χ3n) is 5.18. The standard InChI is InChI=1S/C21H25FN2O3S/c1-15-13-19(11-12-20(15)22)28(26,27)23-18-9-7-17(8-10-18)21(25)24(2)14-16-5-3-4-6-16/h7-13,16,23H,3-6,14H2,1-2H3. The molecule has 2 aromatic carbocycles. The van der Waals surface area contributed by atoms with Gasteiger partial charge in [-0.25, -0.2) is 12.8 Å². The Hall–Kier alpha value is -2.41. The van der Waals surface area contributed by atoms with Crippen molar-refractivity contribution in [2.45, 2.75) is 37.5 Å². The fourth-order valence-electron chi connectivity index (χ4n) is 3.56. The van der Waals surface area contributed by atoms with Crippen LogP contribution in [0, 0.1) is 18.7 Å². The SMILES string of the molecule is Cc1cc(S(=O)(=O)Nc2ccc(C(=O)N(C)CC3CCCC3)cc2)ccc1F. The van der Waals surface area contributed by atoms with Crippen molar-refractivity contribution in [1.29, 1.82) is 0 Å². The molecule has 0 aliphatic heterocycles. The molecule has 0 saturated heterocycles. The molecule has 5 nitrogen and oxygen atoms in total. The summed E-state index contributed by atoms with van der Waals surface area (Å²) < 4.78 is 40.8. The van der Waals surface area contributed by atoms with Crippen molar-refractivity contribution >= 4 is 21.6 Å². The maximum Gasteiger partial charge on any atom is 0.261 e. The number of nitrogens with one attached hydrogen (secondary N) is 1. The van der Waals surface area contributed by atoms with Crippen molar-refractivity contribution in [1.82, 2.24) is 4.90 Å². The van der Waals surface area contributed by atoms with Gasteiger partial charge >= 0.3 is 0 Å². The molecule has 0 bridgehead atoms. The number of halogens is 1. The van der Waals surface area contributed by atoms with Gasteiger partial charge in [0.05, 0.1) is 4.90 Å². The zero-order valence-corrected chi connectivity index (χ0v) is 16.9. The van der Waals surface area contributed by atoms with Gasteiger partial charge < -0.3 is 4.90 Å². The molecule has 1 aliphatic rings. The second-order valence-corrected chi connectivity index (χ2v) is 9.11. The first-order valence-electron chi connectivity index (χ1n) is 9.41. The molecular weight excluding hydrogens is 379 g/mol. The first-order chi connectivity index (χ1) is 13.3. The van der Waals surface area contributed by atoms with Gasteiger partial charge in [-0.05, 0) is 73.7 Å². The van der Waals surface area contributed by atoms with Crippen LogP contribution in [0.3, 0.4) is 0 Å². The number of sulfonamides is 1. The van der Waals surface area contributed by atoms with Crippen LogP contribution in [0.25, 0.3) is 0 Å². The van der Waals surface area contributed by atoms with E-state index in [0.717, 1.165) is 12.6 Å². The number of hydrogen-bond donors (Lipinski definition) is 1. The van der Waals surface area contributed by atoms with Crippen LogP contribution in [-0.4, -0.2) is 32.8 Å². The van der Waals surface area contributed by atoms with Gasteiger partial charge in [0, 0.05) is 24.8 Å². The number of carbonyl (C=O) groups is 1. The van der Waals surface area contributed by atoms with E-state index in [1.807, 2.05) is 0 Å². The Balaban J connectivity index is 1.67. The fraction of sp³-hybridized carbons (Fsp3) is 0.381. The number of anilines is 1. The quantitative estimate of drug-likeness (QED) is 0.785. The summed E-state index contributed by atoms with van der Waals surface area (Å²) in [7, 11) is -2.03. The van der Waals surface area contributed by atoms with Crippen molar-refractivity contribution in [3.63, 3.8) is 0 Å². The lowest BCUT2D eigenvalue weighted by Gasteiger charge is -2.21. The number of benzene rings is 2. The van der Waals surface area contributed by atoms with Gasteiger partial charge in [0.25, 0.3) is 15.9 Å². The van der Waals surface area contributed by atoms with Crippen LogP contribution >= 0.6 is 0 Å². The van der Waals surface area contributed by atoms with Gasteiger partial charge in [-0.15, -0.1) is 0 Å². The predicted octanol–water partition coefficient (Wildman–Crippen LogP) is 4.20. The Bertz CT molecular complexity index is 952. The minimum Gasteiger partial charge on any atom is -0.341 e. The molecule has 28 heavy (non-hydrogen) atoms. The Kier molecular flexibility index (Phi) is 6.03. The second-order valence-electron chi connectivity index (χ2n) is 7.43. The van der Waals surface area contributed by atoms with Gasteiger partial charge in [-0.1, -0.05) is 12.8 Å². The molecule has 0 unspecified atom stereocenters. The molecule has 0 atom stereocenters. The molecule has 0 aromatic heterocycles. The molecule has 1 fully saturated rings. The van der Waals surface area contributed by atoms with E-state index in [1.54, 1.807) is 36.2 Å². The lowest BCUT2D eigenvalue weighted by atomic mass is 10.1. The summed E-state index contributed by atoms with van der Waals surface area (Å²) >= 11 is 0.